The highest BCUT2D eigenvalue weighted by Gasteiger charge is 2.24. The Morgan fingerprint density at radius 3 is 2.74 bits per heavy atom. The van der Waals surface area contributed by atoms with Gasteiger partial charge in [-0.15, -0.1) is 0 Å². The van der Waals surface area contributed by atoms with E-state index < -0.39 is 0 Å². The smallest absolute Gasteiger partial charge is 0.118 e. The molecule has 2 fully saturated rings. The van der Waals surface area contributed by atoms with E-state index in [1.165, 1.54) is 32.2 Å². The van der Waals surface area contributed by atoms with Crippen molar-refractivity contribution in [3.05, 3.63) is 23.7 Å². The number of likely N-dealkylation sites (tertiary alicyclic amines) is 1. The van der Waals surface area contributed by atoms with Crippen LogP contribution in [0.1, 0.15) is 51.1 Å². The van der Waals surface area contributed by atoms with E-state index in [2.05, 4.69) is 36.2 Å². The Morgan fingerprint density at radius 1 is 1.21 bits per heavy atom. The Hall–Kier alpha value is -0.800. The molecule has 106 valence electrons. The maximum Gasteiger partial charge on any atom is 0.118 e. The van der Waals surface area contributed by atoms with Crippen LogP contribution in [0, 0.1) is 5.92 Å². The normalized spacial score (nSPS) is 28.7. The predicted molar refractivity (Wildman–Crippen MR) is 76.8 cm³/mol. The minimum Gasteiger partial charge on any atom is -0.463 e. The van der Waals surface area contributed by atoms with Gasteiger partial charge in [-0.3, -0.25) is 4.90 Å². The van der Waals surface area contributed by atoms with E-state index in [1.807, 2.05) is 0 Å². The lowest BCUT2D eigenvalue weighted by atomic mass is 9.93. The van der Waals surface area contributed by atoms with Gasteiger partial charge in [0.25, 0.3) is 0 Å². The first-order valence-electron chi connectivity index (χ1n) is 7.75. The highest BCUT2D eigenvalue weighted by Crippen LogP contribution is 2.24. The van der Waals surface area contributed by atoms with Crippen LogP contribution >= 0.6 is 0 Å². The third-order valence-corrected chi connectivity index (χ3v) is 4.49. The van der Waals surface area contributed by atoms with E-state index in [0.717, 1.165) is 36.6 Å². The monoisotopic (exact) mass is 262 g/mol. The Bertz CT molecular complexity index is 411. The maximum absolute atomic E-state index is 5.94. The molecule has 0 spiro atoms. The van der Waals surface area contributed by atoms with E-state index in [0.29, 0.717) is 6.04 Å². The molecular formula is C16H26N2O. The SMILES string of the molecule is CC1CCN(Cc2ccc(CNC3CC3)o2)C(C)C1. The van der Waals surface area contributed by atoms with Crippen LogP contribution in [0.25, 0.3) is 0 Å². The minimum absolute atomic E-state index is 0.682. The number of hydrogen-bond acceptors (Lipinski definition) is 3. The summed E-state index contributed by atoms with van der Waals surface area (Å²) < 4.78 is 5.94. The van der Waals surface area contributed by atoms with Crippen LogP contribution in [0.4, 0.5) is 0 Å². The minimum atomic E-state index is 0.682. The van der Waals surface area contributed by atoms with Gasteiger partial charge in [0, 0.05) is 12.1 Å². The van der Waals surface area contributed by atoms with Gasteiger partial charge in [-0.05, 0) is 57.2 Å². The summed E-state index contributed by atoms with van der Waals surface area (Å²) in [4.78, 5) is 2.55. The van der Waals surface area contributed by atoms with E-state index >= 15 is 0 Å². The number of piperidine rings is 1. The zero-order chi connectivity index (χ0) is 13.2. The molecule has 3 heteroatoms. The molecule has 1 aromatic heterocycles. The predicted octanol–water partition coefficient (Wildman–Crippen LogP) is 3.15. The standard InChI is InChI=1S/C16H26N2O/c1-12-7-8-18(13(2)9-12)11-16-6-5-15(19-16)10-17-14-3-4-14/h5-6,12-14,17H,3-4,7-11H2,1-2H3. The number of furan rings is 1. The van der Waals surface area contributed by atoms with Crippen LogP contribution in [0.2, 0.25) is 0 Å². The van der Waals surface area contributed by atoms with Crippen molar-refractivity contribution in [2.24, 2.45) is 5.92 Å². The van der Waals surface area contributed by atoms with Crippen molar-refractivity contribution in [3.63, 3.8) is 0 Å². The fourth-order valence-electron chi connectivity index (χ4n) is 3.03. The van der Waals surface area contributed by atoms with Gasteiger partial charge >= 0.3 is 0 Å². The first kappa shape index (κ1) is 13.2. The molecule has 1 saturated heterocycles. The van der Waals surface area contributed by atoms with Crippen molar-refractivity contribution >= 4 is 0 Å². The topological polar surface area (TPSA) is 28.4 Å². The first-order chi connectivity index (χ1) is 9.20. The molecule has 1 aromatic rings. The Kier molecular flexibility index (Phi) is 3.94. The van der Waals surface area contributed by atoms with E-state index in [4.69, 9.17) is 4.42 Å². The largest absolute Gasteiger partial charge is 0.463 e. The summed E-state index contributed by atoms with van der Waals surface area (Å²) in [5.74, 6) is 3.08. The molecule has 0 radical (unpaired) electrons. The van der Waals surface area contributed by atoms with E-state index in [-0.39, 0.29) is 0 Å². The van der Waals surface area contributed by atoms with Crippen molar-refractivity contribution in [1.82, 2.24) is 10.2 Å². The Morgan fingerprint density at radius 2 is 2.00 bits per heavy atom. The highest BCUT2D eigenvalue weighted by molar-refractivity contribution is 5.08. The number of nitrogens with zero attached hydrogens (tertiary/aromatic N) is 1. The van der Waals surface area contributed by atoms with Crippen molar-refractivity contribution < 1.29 is 4.42 Å². The third-order valence-electron chi connectivity index (χ3n) is 4.49. The number of nitrogens with one attached hydrogen (secondary N) is 1. The molecule has 1 aliphatic carbocycles. The summed E-state index contributed by atoms with van der Waals surface area (Å²) in [6.45, 7) is 7.77. The zero-order valence-corrected chi connectivity index (χ0v) is 12.2. The quantitative estimate of drug-likeness (QED) is 0.883. The summed E-state index contributed by atoms with van der Waals surface area (Å²) in [5, 5.41) is 3.50. The van der Waals surface area contributed by atoms with E-state index in [1.54, 1.807) is 0 Å². The van der Waals surface area contributed by atoms with E-state index in [9.17, 15) is 0 Å². The van der Waals surface area contributed by atoms with Crippen molar-refractivity contribution in [3.8, 4) is 0 Å². The molecule has 0 amide bonds. The molecule has 0 bridgehead atoms. The Balaban J connectivity index is 1.51. The van der Waals surface area contributed by atoms with Crippen molar-refractivity contribution in [1.29, 1.82) is 0 Å². The van der Waals surface area contributed by atoms with Crippen LogP contribution in [0.5, 0.6) is 0 Å². The molecule has 2 unspecified atom stereocenters. The second-order valence-electron chi connectivity index (χ2n) is 6.47. The average Bonchev–Trinajstić information content (AvgIpc) is 3.10. The van der Waals surface area contributed by atoms with Crippen molar-refractivity contribution in [2.45, 2.75) is 64.7 Å². The molecule has 2 heterocycles. The van der Waals surface area contributed by atoms with Gasteiger partial charge in [0.05, 0.1) is 13.1 Å². The molecule has 1 saturated carbocycles. The molecule has 2 atom stereocenters. The lowest BCUT2D eigenvalue weighted by Gasteiger charge is -2.35. The van der Waals surface area contributed by atoms with Gasteiger partial charge in [-0.2, -0.15) is 0 Å². The molecule has 1 aliphatic heterocycles. The summed E-state index contributed by atoms with van der Waals surface area (Å²) in [6, 6.07) is 5.70. The number of hydrogen-bond donors (Lipinski definition) is 1. The highest BCUT2D eigenvalue weighted by atomic mass is 16.3. The summed E-state index contributed by atoms with van der Waals surface area (Å²) >= 11 is 0. The van der Waals surface area contributed by atoms with Crippen LogP contribution in [0.3, 0.4) is 0 Å². The molecule has 3 rings (SSSR count). The zero-order valence-electron chi connectivity index (χ0n) is 12.2. The lowest BCUT2D eigenvalue weighted by molar-refractivity contribution is 0.113. The first-order valence-corrected chi connectivity index (χ1v) is 7.75. The fraction of sp³-hybridized carbons (Fsp3) is 0.750. The van der Waals surface area contributed by atoms with Crippen LogP contribution in [0.15, 0.2) is 16.5 Å². The lowest BCUT2D eigenvalue weighted by Crippen LogP contribution is -2.39. The fourth-order valence-corrected chi connectivity index (χ4v) is 3.03. The second kappa shape index (κ2) is 5.68. The maximum atomic E-state index is 5.94. The average molecular weight is 262 g/mol. The Labute approximate surface area is 116 Å². The summed E-state index contributed by atoms with van der Waals surface area (Å²) in [6.07, 6.45) is 5.30. The van der Waals surface area contributed by atoms with Crippen LogP contribution in [-0.2, 0) is 13.1 Å². The van der Waals surface area contributed by atoms with Crippen LogP contribution in [-0.4, -0.2) is 23.5 Å². The summed E-state index contributed by atoms with van der Waals surface area (Å²) in [7, 11) is 0. The molecule has 0 aromatic carbocycles. The summed E-state index contributed by atoms with van der Waals surface area (Å²) in [5.41, 5.74) is 0. The van der Waals surface area contributed by atoms with Gasteiger partial charge < -0.3 is 9.73 Å². The molecule has 1 N–H and O–H groups in total. The number of rotatable bonds is 5. The third kappa shape index (κ3) is 3.61. The molecular weight excluding hydrogens is 236 g/mol. The van der Waals surface area contributed by atoms with Gasteiger partial charge in [-0.1, -0.05) is 6.92 Å². The van der Waals surface area contributed by atoms with Crippen molar-refractivity contribution in [2.75, 3.05) is 6.54 Å². The second-order valence-corrected chi connectivity index (χ2v) is 6.47. The van der Waals surface area contributed by atoms with Crippen LogP contribution < -0.4 is 5.32 Å². The van der Waals surface area contributed by atoms with Gasteiger partial charge in [0.1, 0.15) is 11.5 Å². The van der Waals surface area contributed by atoms with Gasteiger partial charge in [0.2, 0.25) is 0 Å². The molecule has 3 nitrogen and oxygen atoms in total. The van der Waals surface area contributed by atoms with Gasteiger partial charge in [0.15, 0.2) is 0 Å². The van der Waals surface area contributed by atoms with Gasteiger partial charge in [-0.25, -0.2) is 0 Å². The molecule has 19 heavy (non-hydrogen) atoms. The molecule has 2 aliphatic rings.